The molecule has 0 amide bonds. The van der Waals surface area contributed by atoms with Gasteiger partial charge >= 0.3 is 0 Å². The summed E-state index contributed by atoms with van der Waals surface area (Å²) in [6, 6.07) is 1.77. The average Bonchev–Trinajstić information content (AvgIpc) is 2.06. The molecular weight excluding hydrogens is 188 g/mol. The van der Waals surface area contributed by atoms with Crippen LogP contribution in [0.15, 0.2) is 12.7 Å². The van der Waals surface area contributed by atoms with E-state index in [1.54, 1.807) is 13.0 Å². The highest BCUT2D eigenvalue weighted by Gasteiger charge is 2.27. The van der Waals surface area contributed by atoms with Gasteiger partial charge in [-0.15, -0.1) is 6.58 Å². The zero-order chi connectivity index (χ0) is 10.5. The summed E-state index contributed by atoms with van der Waals surface area (Å²) in [4.78, 5) is 0. The van der Waals surface area contributed by atoms with E-state index in [0.29, 0.717) is 6.42 Å². The van der Waals surface area contributed by atoms with Crippen LogP contribution in [0, 0.1) is 11.3 Å². The molecule has 0 aliphatic carbocycles. The fraction of sp³-hybridized carbons (Fsp3) is 0.625. The van der Waals surface area contributed by atoms with Gasteiger partial charge in [-0.05, 0) is 6.42 Å². The Morgan fingerprint density at radius 1 is 1.69 bits per heavy atom. The molecule has 0 saturated heterocycles. The Balaban J connectivity index is 4.75. The topological polar surface area (TPSA) is 61.2 Å². The molecule has 0 radical (unpaired) electrons. The third-order valence-electron chi connectivity index (χ3n) is 1.69. The van der Waals surface area contributed by atoms with Crippen molar-refractivity contribution in [2.75, 3.05) is 13.6 Å². The first-order valence-electron chi connectivity index (χ1n) is 3.96. The lowest BCUT2D eigenvalue weighted by atomic mass is 10.4. The van der Waals surface area contributed by atoms with Gasteiger partial charge in [0.2, 0.25) is 10.0 Å². The van der Waals surface area contributed by atoms with E-state index in [-0.39, 0.29) is 6.54 Å². The molecule has 0 N–H and O–H groups in total. The molecule has 0 bridgehead atoms. The van der Waals surface area contributed by atoms with Gasteiger partial charge in [-0.1, -0.05) is 13.0 Å². The first-order valence-corrected chi connectivity index (χ1v) is 5.46. The van der Waals surface area contributed by atoms with Gasteiger partial charge in [0.1, 0.15) is 0 Å². The number of hydrogen-bond acceptors (Lipinski definition) is 3. The Kier molecular flexibility index (Phi) is 4.67. The molecule has 0 saturated carbocycles. The highest BCUT2D eigenvalue weighted by atomic mass is 32.2. The third-order valence-corrected chi connectivity index (χ3v) is 3.87. The normalized spacial score (nSPS) is 13.7. The second-order valence-electron chi connectivity index (χ2n) is 2.64. The molecule has 5 heteroatoms. The van der Waals surface area contributed by atoms with Gasteiger partial charge in [-0.3, -0.25) is 0 Å². The van der Waals surface area contributed by atoms with Crippen LogP contribution < -0.4 is 0 Å². The van der Waals surface area contributed by atoms with Crippen molar-refractivity contribution in [3.8, 4) is 6.07 Å². The number of nitrogens with zero attached hydrogens (tertiary/aromatic N) is 2. The Hall–Kier alpha value is -0.860. The molecular formula is C8H14N2O2S. The first-order chi connectivity index (χ1) is 6.00. The molecule has 0 aliphatic rings. The molecule has 0 fully saturated rings. The SMILES string of the molecule is C=CCN(C)S(=O)(=O)C(C#N)CC. The van der Waals surface area contributed by atoms with Crippen molar-refractivity contribution in [3.05, 3.63) is 12.7 Å². The summed E-state index contributed by atoms with van der Waals surface area (Å²) in [5.74, 6) is 0. The fourth-order valence-corrected chi connectivity index (χ4v) is 2.17. The van der Waals surface area contributed by atoms with E-state index in [4.69, 9.17) is 5.26 Å². The van der Waals surface area contributed by atoms with Crippen LogP contribution in [0.4, 0.5) is 0 Å². The highest BCUT2D eigenvalue weighted by Crippen LogP contribution is 2.09. The minimum Gasteiger partial charge on any atom is -0.211 e. The Morgan fingerprint density at radius 3 is 2.54 bits per heavy atom. The second kappa shape index (κ2) is 5.00. The molecule has 0 rings (SSSR count). The quantitative estimate of drug-likeness (QED) is 0.618. The number of rotatable bonds is 5. The predicted molar refractivity (Wildman–Crippen MR) is 51.4 cm³/mol. The summed E-state index contributed by atoms with van der Waals surface area (Å²) in [5, 5.41) is 7.65. The lowest BCUT2D eigenvalue weighted by Crippen LogP contribution is -2.35. The standard InChI is InChI=1S/C8H14N2O2S/c1-4-6-10(3)13(11,12)8(5-2)7-9/h4,8H,1,5-6H2,2-3H3. The Bertz CT molecular complexity index is 303. The molecule has 1 unspecified atom stereocenters. The van der Waals surface area contributed by atoms with Gasteiger partial charge in [0.25, 0.3) is 0 Å². The van der Waals surface area contributed by atoms with Gasteiger partial charge in [-0.2, -0.15) is 5.26 Å². The molecule has 0 aromatic heterocycles. The third kappa shape index (κ3) is 2.83. The van der Waals surface area contributed by atoms with Crippen LogP contribution in [0.3, 0.4) is 0 Å². The van der Waals surface area contributed by atoms with E-state index in [1.165, 1.54) is 13.1 Å². The summed E-state index contributed by atoms with van der Waals surface area (Å²) < 4.78 is 24.2. The lowest BCUT2D eigenvalue weighted by Gasteiger charge is -2.17. The molecule has 0 aliphatic heterocycles. The maximum Gasteiger partial charge on any atom is 0.230 e. The van der Waals surface area contributed by atoms with Crippen molar-refractivity contribution in [3.63, 3.8) is 0 Å². The summed E-state index contributed by atoms with van der Waals surface area (Å²) in [6.45, 7) is 5.35. The number of hydrogen-bond donors (Lipinski definition) is 0. The predicted octanol–water partition coefficient (Wildman–Crippen LogP) is 0.736. The molecule has 13 heavy (non-hydrogen) atoms. The van der Waals surface area contributed by atoms with Crippen LogP contribution in [-0.2, 0) is 10.0 Å². The van der Waals surface area contributed by atoms with Crippen molar-refractivity contribution in [2.24, 2.45) is 0 Å². The van der Waals surface area contributed by atoms with E-state index in [0.717, 1.165) is 4.31 Å². The molecule has 1 atom stereocenters. The van der Waals surface area contributed by atoms with Crippen molar-refractivity contribution >= 4 is 10.0 Å². The van der Waals surface area contributed by atoms with Crippen LogP contribution in [0.1, 0.15) is 13.3 Å². The van der Waals surface area contributed by atoms with Gasteiger partial charge in [0.05, 0.1) is 6.07 Å². The van der Waals surface area contributed by atoms with Crippen LogP contribution in [0.2, 0.25) is 0 Å². The zero-order valence-electron chi connectivity index (χ0n) is 7.90. The maximum atomic E-state index is 11.5. The number of likely N-dealkylation sites (N-methyl/N-ethyl adjacent to an activating group) is 1. The summed E-state index contributed by atoms with van der Waals surface area (Å²) in [6.07, 6.45) is 1.79. The zero-order valence-corrected chi connectivity index (χ0v) is 8.71. The number of sulfonamides is 1. The monoisotopic (exact) mass is 202 g/mol. The minimum atomic E-state index is -3.46. The van der Waals surface area contributed by atoms with Crippen LogP contribution in [-0.4, -0.2) is 31.6 Å². The molecule has 0 aromatic carbocycles. The molecule has 0 aromatic rings. The molecule has 0 spiro atoms. The van der Waals surface area contributed by atoms with E-state index in [1.807, 2.05) is 0 Å². The summed E-state index contributed by atoms with van der Waals surface area (Å²) >= 11 is 0. The van der Waals surface area contributed by atoms with Crippen molar-refractivity contribution < 1.29 is 8.42 Å². The number of nitriles is 1. The fourth-order valence-electron chi connectivity index (χ4n) is 0.871. The van der Waals surface area contributed by atoms with Gasteiger partial charge in [0.15, 0.2) is 5.25 Å². The van der Waals surface area contributed by atoms with Crippen molar-refractivity contribution in [2.45, 2.75) is 18.6 Å². The van der Waals surface area contributed by atoms with Gasteiger partial charge in [0, 0.05) is 13.6 Å². The first kappa shape index (κ1) is 12.1. The highest BCUT2D eigenvalue weighted by molar-refractivity contribution is 7.89. The smallest absolute Gasteiger partial charge is 0.211 e. The van der Waals surface area contributed by atoms with Crippen molar-refractivity contribution in [1.82, 2.24) is 4.31 Å². The lowest BCUT2D eigenvalue weighted by molar-refractivity contribution is 0.491. The minimum absolute atomic E-state index is 0.237. The van der Waals surface area contributed by atoms with E-state index in [9.17, 15) is 8.42 Å². The summed E-state index contributed by atoms with van der Waals surface area (Å²) in [7, 11) is -2.02. The van der Waals surface area contributed by atoms with E-state index >= 15 is 0 Å². The van der Waals surface area contributed by atoms with Crippen LogP contribution in [0.25, 0.3) is 0 Å². The summed E-state index contributed by atoms with van der Waals surface area (Å²) in [5.41, 5.74) is 0. The van der Waals surface area contributed by atoms with Crippen LogP contribution >= 0.6 is 0 Å². The molecule has 74 valence electrons. The van der Waals surface area contributed by atoms with Gasteiger partial charge in [-0.25, -0.2) is 12.7 Å². The largest absolute Gasteiger partial charge is 0.230 e. The van der Waals surface area contributed by atoms with Crippen LogP contribution in [0.5, 0.6) is 0 Å². The second-order valence-corrected chi connectivity index (χ2v) is 4.86. The van der Waals surface area contributed by atoms with Gasteiger partial charge < -0.3 is 0 Å². The molecule has 0 heterocycles. The Morgan fingerprint density at radius 2 is 2.23 bits per heavy atom. The van der Waals surface area contributed by atoms with Crippen molar-refractivity contribution in [1.29, 1.82) is 5.26 Å². The molecule has 4 nitrogen and oxygen atoms in total. The maximum absolute atomic E-state index is 11.5. The van der Waals surface area contributed by atoms with E-state index in [2.05, 4.69) is 6.58 Å². The Labute approximate surface area is 79.5 Å². The average molecular weight is 202 g/mol. The van der Waals surface area contributed by atoms with E-state index < -0.39 is 15.3 Å².